The molecule has 2 aromatic rings. The molecule has 0 saturated carbocycles. The molecule has 0 aromatic heterocycles. The van der Waals surface area contributed by atoms with Gasteiger partial charge in [0.15, 0.2) is 0 Å². The van der Waals surface area contributed by atoms with E-state index in [1.165, 1.54) is 43.5 Å². The quantitative estimate of drug-likeness (QED) is 0.483. The lowest BCUT2D eigenvalue weighted by Crippen LogP contribution is -2.45. The van der Waals surface area contributed by atoms with Crippen LogP contribution in [0.5, 0.6) is 0 Å². The predicted octanol–water partition coefficient (Wildman–Crippen LogP) is 3.41. The first kappa shape index (κ1) is 22.5. The number of para-hydroxylation sites is 1. The van der Waals surface area contributed by atoms with Gasteiger partial charge in [0.05, 0.1) is 21.3 Å². The SMILES string of the molecule is Cc1ccc(S(=O)(=O)C2=C[C@H]3[C@@H](C2)OC(=O)N3C(=O)N(C)Cc2ccccc2[N+](=O)[O-])cc1. The second kappa shape index (κ2) is 8.32. The van der Waals surface area contributed by atoms with Gasteiger partial charge in [-0.1, -0.05) is 35.9 Å². The second-order valence-corrected chi connectivity index (χ2v) is 9.96. The average molecular weight is 471 g/mol. The van der Waals surface area contributed by atoms with Crippen molar-refractivity contribution < 1.29 is 27.7 Å². The number of carbonyl (C=O) groups excluding carboxylic acids is 2. The van der Waals surface area contributed by atoms with E-state index in [4.69, 9.17) is 4.74 Å². The van der Waals surface area contributed by atoms with Gasteiger partial charge in [-0.2, -0.15) is 0 Å². The maximum absolute atomic E-state index is 13.1. The number of hydrogen-bond donors (Lipinski definition) is 0. The molecule has 1 saturated heterocycles. The van der Waals surface area contributed by atoms with Gasteiger partial charge in [-0.05, 0) is 25.1 Å². The summed E-state index contributed by atoms with van der Waals surface area (Å²) in [7, 11) is -2.40. The number of urea groups is 1. The third-order valence-corrected chi connectivity index (χ3v) is 7.58. The van der Waals surface area contributed by atoms with Crippen LogP contribution in [0.2, 0.25) is 0 Å². The molecule has 2 aliphatic rings. The Morgan fingerprint density at radius 1 is 1.21 bits per heavy atom. The molecule has 4 rings (SSSR count). The maximum atomic E-state index is 13.1. The number of carbonyl (C=O) groups is 2. The third-order valence-electron chi connectivity index (χ3n) is 5.69. The summed E-state index contributed by atoms with van der Waals surface area (Å²) in [6, 6.07) is 10.8. The molecule has 1 fully saturated rings. The molecule has 2 aromatic carbocycles. The normalized spacial score (nSPS) is 19.6. The van der Waals surface area contributed by atoms with Crippen molar-refractivity contribution in [2.75, 3.05) is 7.05 Å². The minimum absolute atomic E-state index is 0.0374. The van der Waals surface area contributed by atoms with Gasteiger partial charge >= 0.3 is 12.1 Å². The lowest BCUT2D eigenvalue weighted by Gasteiger charge is -2.24. The number of aryl methyl sites for hydroxylation is 1. The monoisotopic (exact) mass is 471 g/mol. The summed E-state index contributed by atoms with van der Waals surface area (Å²) in [4.78, 5) is 38.4. The molecular weight excluding hydrogens is 450 g/mol. The molecule has 0 unspecified atom stereocenters. The highest BCUT2D eigenvalue weighted by Crippen LogP contribution is 2.37. The van der Waals surface area contributed by atoms with E-state index in [9.17, 15) is 28.1 Å². The molecule has 0 N–H and O–H groups in total. The van der Waals surface area contributed by atoms with E-state index in [0.717, 1.165) is 15.4 Å². The maximum Gasteiger partial charge on any atom is 0.419 e. The van der Waals surface area contributed by atoms with Crippen LogP contribution in [0.25, 0.3) is 0 Å². The van der Waals surface area contributed by atoms with Crippen LogP contribution in [0.1, 0.15) is 17.5 Å². The first-order chi connectivity index (χ1) is 15.6. The molecule has 3 amide bonds. The van der Waals surface area contributed by atoms with Gasteiger partial charge in [0.1, 0.15) is 12.1 Å². The van der Waals surface area contributed by atoms with Gasteiger partial charge in [-0.25, -0.2) is 22.9 Å². The topological polar surface area (TPSA) is 127 Å². The van der Waals surface area contributed by atoms with E-state index in [0.29, 0.717) is 5.56 Å². The largest absolute Gasteiger partial charge is 0.443 e. The number of imide groups is 1. The van der Waals surface area contributed by atoms with E-state index < -0.39 is 39.0 Å². The molecule has 11 heteroatoms. The van der Waals surface area contributed by atoms with Crippen molar-refractivity contribution in [1.82, 2.24) is 9.80 Å². The van der Waals surface area contributed by atoms with E-state index in [2.05, 4.69) is 0 Å². The van der Waals surface area contributed by atoms with Crippen molar-refractivity contribution in [2.24, 2.45) is 0 Å². The molecule has 0 spiro atoms. The van der Waals surface area contributed by atoms with Crippen LogP contribution >= 0.6 is 0 Å². The van der Waals surface area contributed by atoms with Gasteiger partial charge in [-0.15, -0.1) is 0 Å². The Kier molecular flexibility index (Phi) is 5.66. The summed E-state index contributed by atoms with van der Waals surface area (Å²) in [6.07, 6.45) is -0.352. The minimum atomic E-state index is -3.80. The molecule has 10 nitrogen and oxygen atoms in total. The first-order valence-corrected chi connectivity index (χ1v) is 11.6. The number of nitrogens with zero attached hydrogens (tertiary/aromatic N) is 3. The van der Waals surface area contributed by atoms with Crippen molar-refractivity contribution in [1.29, 1.82) is 0 Å². The Balaban J connectivity index is 1.57. The second-order valence-electron chi connectivity index (χ2n) is 7.96. The Hall–Kier alpha value is -3.73. The van der Waals surface area contributed by atoms with Crippen LogP contribution in [0.15, 0.2) is 64.4 Å². The number of ether oxygens (including phenoxy) is 1. The van der Waals surface area contributed by atoms with Crippen LogP contribution in [0.3, 0.4) is 0 Å². The molecule has 0 radical (unpaired) electrons. The molecule has 1 aliphatic heterocycles. The summed E-state index contributed by atoms with van der Waals surface area (Å²) in [5, 5.41) is 11.2. The lowest BCUT2D eigenvalue weighted by molar-refractivity contribution is -0.385. The summed E-state index contributed by atoms with van der Waals surface area (Å²) >= 11 is 0. The molecular formula is C22H21N3O7S. The number of sulfone groups is 1. The van der Waals surface area contributed by atoms with Crippen LogP contribution in [-0.4, -0.2) is 54.5 Å². The molecule has 2 atom stereocenters. The summed E-state index contributed by atoms with van der Waals surface area (Å²) in [5.41, 5.74) is 1.07. The van der Waals surface area contributed by atoms with E-state index >= 15 is 0 Å². The Labute approximate surface area is 190 Å². The van der Waals surface area contributed by atoms with E-state index in [1.807, 2.05) is 6.92 Å². The fourth-order valence-electron chi connectivity index (χ4n) is 3.95. The zero-order valence-corrected chi connectivity index (χ0v) is 18.7. The zero-order chi connectivity index (χ0) is 23.9. The standard InChI is InChI=1S/C22H21N3O7S/c1-14-7-9-16(10-8-14)33(30,31)17-11-19-20(12-17)32-22(27)24(19)21(26)23(2)13-15-5-3-4-6-18(15)25(28)29/h3-11,19-20H,12-13H2,1-2H3/t19-,20+/m0/s1. The van der Waals surface area contributed by atoms with Gasteiger partial charge in [-0.3, -0.25) is 10.1 Å². The number of amides is 3. The molecule has 1 heterocycles. The van der Waals surface area contributed by atoms with Crippen molar-refractivity contribution in [2.45, 2.75) is 36.9 Å². The predicted molar refractivity (Wildman–Crippen MR) is 117 cm³/mol. The van der Waals surface area contributed by atoms with E-state index in [1.54, 1.807) is 18.2 Å². The number of hydrogen-bond acceptors (Lipinski definition) is 7. The molecule has 172 valence electrons. The number of benzene rings is 2. The average Bonchev–Trinajstić information content (AvgIpc) is 3.31. The number of nitro groups is 1. The summed E-state index contributed by atoms with van der Waals surface area (Å²) in [6.45, 7) is 1.73. The Morgan fingerprint density at radius 2 is 1.88 bits per heavy atom. The van der Waals surface area contributed by atoms with Gasteiger partial charge < -0.3 is 9.64 Å². The van der Waals surface area contributed by atoms with Crippen LogP contribution in [0.4, 0.5) is 15.3 Å². The molecule has 33 heavy (non-hydrogen) atoms. The van der Waals surface area contributed by atoms with Crippen LogP contribution < -0.4 is 0 Å². The van der Waals surface area contributed by atoms with Gasteiger partial charge in [0.25, 0.3) is 5.69 Å². The van der Waals surface area contributed by atoms with Crippen LogP contribution in [0, 0.1) is 17.0 Å². The molecule has 1 aliphatic carbocycles. The zero-order valence-electron chi connectivity index (χ0n) is 17.9. The number of rotatable bonds is 5. The Morgan fingerprint density at radius 3 is 2.55 bits per heavy atom. The smallest absolute Gasteiger partial charge is 0.419 e. The molecule has 0 bridgehead atoms. The summed E-state index contributed by atoms with van der Waals surface area (Å²) in [5.74, 6) is 0. The highest BCUT2D eigenvalue weighted by molar-refractivity contribution is 7.95. The Bertz CT molecular complexity index is 1270. The summed E-state index contributed by atoms with van der Waals surface area (Å²) < 4.78 is 31.3. The van der Waals surface area contributed by atoms with Crippen molar-refractivity contribution in [3.8, 4) is 0 Å². The van der Waals surface area contributed by atoms with Gasteiger partial charge in [0.2, 0.25) is 9.84 Å². The van der Waals surface area contributed by atoms with Crippen molar-refractivity contribution >= 4 is 27.6 Å². The van der Waals surface area contributed by atoms with Crippen LogP contribution in [-0.2, 0) is 21.1 Å². The first-order valence-electron chi connectivity index (χ1n) is 10.1. The number of nitro benzene ring substituents is 1. The van der Waals surface area contributed by atoms with Gasteiger partial charge in [0, 0.05) is 25.1 Å². The highest BCUT2D eigenvalue weighted by atomic mass is 32.2. The van der Waals surface area contributed by atoms with Crippen molar-refractivity contribution in [3.63, 3.8) is 0 Å². The minimum Gasteiger partial charge on any atom is -0.443 e. The fourth-order valence-corrected chi connectivity index (χ4v) is 5.45. The fraction of sp³-hybridized carbons (Fsp3) is 0.273. The lowest BCUT2D eigenvalue weighted by atomic mass is 10.1. The third kappa shape index (κ3) is 4.07. The van der Waals surface area contributed by atoms with Crippen molar-refractivity contribution in [3.05, 3.63) is 80.8 Å². The van der Waals surface area contributed by atoms with E-state index in [-0.39, 0.29) is 28.5 Å². The highest BCUT2D eigenvalue weighted by Gasteiger charge is 2.50. The number of fused-ring (bicyclic) bond motifs is 1.